The van der Waals surface area contributed by atoms with Crippen molar-refractivity contribution in [2.45, 2.75) is 30.6 Å². The zero-order valence-electron chi connectivity index (χ0n) is 13.1. The van der Waals surface area contributed by atoms with E-state index in [0.29, 0.717) is 0 Å². The van der Waals surface area contributed by atoms with Gasteiger partial charge in [-0.15, -0.1) is 0 Å². The fourth-order valence-corrected chi connectivity index (χ4v) is 3.37. The van der Waals surface area contributed by atoms with Crippen molar-refractivity contribution in [1.29, 1.82) is 0 Å². The smallest absolute Gasteiger partial charge is 0.418 e. The average Bonchev–Trinajstić information content (AvgIpc) is 2.44. The van der Waals surface area contributed by atoms with Crippen molar-refractivity contribution in [3.8, 4) is 0 Å². The second-order valence-electron chi connectivity index (χ2n) is 5.05. The molecule has 7 heteroatoms. The summed E-state index contributed by atoms with van der Waals surface area (Å²) in [5, 5.41) is 0. The first-order chi connectivity index (χ1) is 10.6. The van der Waals surface area contributed by atoms with Gasteiger partial charge < -0.3 is 17.3 Å². The molecule has 2 rings (SSSR count). The molecule has 0 heterocycles. The lowest BCUT2D eigenvalue weighted by atomic mass is 10.1. The number of halogens is 5. The van der Waals surface area contributed by atoms with Crippen molar-refractivity contribution < 1.29 is 21.7 Å². The molecule has 126 valence electrons. The van der Waals surface area contributed by atoms with Gasteiger partial charge in [-0.3, -0.25) is 0 Å². The summed E-state index contributed by atoms with van der Waals surface area (Å²) in [7, 11) is -6.45. The van der Waals surface area contributed by atoms with Crippen LogP contribution in [0.15, 0.2) is 52.3 Å². The Labute approximate surface area is 136 Å². The van der Waals surface area contributed by atoms with Crippen LogP contribution in [0.4, 0.5) is 21.7 Å². The molecule has 0 aliphatic heterocycles. The predicted octanol–water partition coefficient (Wildman–Crippen LogP) is 5.88. The molecule has 0 aliphatic rings. The van der Waals surface area contributed by atoms with E-state index in [1.807, 2.05) is 37.3 Å². The molecule has 0 saturated heterocycles. The molecule has 0 amide bonds. The van der Waals surface area contributed by atoms with Gasteiger partial charge in [-0.2, -0.15) is 4.39 Å². The van der Waals surface area contributed by atoms with E-state index >= 15 is 0 Å². The summed E-state index contributed by atoms with van der Waals surface area (Å²) in [5.74, 6) is 0. The summed E-state index contributed by atoms with van der Waals surface area (Å²) in [5.41, 5.74) is 3.69. The largest absolute Gasteiger partial charge is 0.673 e. The highest BCUT2D eigenvalue weighted by Crippen LogP contribution is 2.26. The first-order valence-corrected chi connectivity index (χ1v) is 8.29. The van der Waals surface area contributed by atoms with Gasteiger partial charge in [-0.25, -0.2) is 0 Å². The Morgan fingerprint density at radius 3 is 1.70 bits per heavy atom. The van der Waals surface area contributed by atoms with E-state index in [2.05, 4.69) is 26.0 Å². The lowest BCUT2D eigenvalue weighted by Crippen LogP contribution is -2.06. The minimum Gasteiger partial charge on any atom is -0.418 e. The Bertz CT molecular complexity index is 619. The van der Waals surface area contributed by atoms with Crippen molar-refractivity contribution in [3.05, 3.63) is 59.2 Å². The van der Waals surface area contributed by atoms with Gasteiger partial charge in [0.05, 0.1) is 10.9 Å². The summed E-state index contributed by atoms with van der Waals surface area (Å²) in [6.07, 6.45) is 0. The number of alkyl halides is 1. The number of hydrogen-bond donors (Lipinski definition) is 0. The number of benzene rings is 2. The molecule has 2 aromatic rings. The normalized spacial score (nSPS) is 12.3. The van der Waals surface area contributed by atoms with E-state index in [-0.39, 0.29) is 6.01 Å². The Morgan fingerprint density at radius 2 is 1.26 bits per heavy atom. The zero-order chi connectivity index (χ0) is 17.6. The summed E-state index contributed by atoms with van der Waals surface area (Å²) >= 11 is 0. The summed E-state index contributed by atoms with van der Waals surface area (Å²) in [4.78, 5) is 2.16. The van der Waals surface area contributed by atoms with Crippen LogP contribution < -0.4 is 0 Å². The summed E-state index contributed by atoms with van der Waals surface area (Å²) in [6.45, 7) is 6.21. The quantitative estimate of drug-likeness (QED) is 0.369. The molecule has 0 aliphatic carbocycles. The van der Waals surface area contributed by atoms with Crippen LogP contribution in [0.2, 0.25) is 0 Å². The minimum atomic E-state index is -6.00. The molecule has 1 atom stereocenters. The molecule has 0 N–H and O–H groups in total. The maximum Gasteiger partial charge on any atom is 0.673 e. The first-order valence-electron chi connectivity index (χ1n) is 6.90. The van der Waals surface area contributed by atoms with Crippen molar-refractivity contribution >= 4 is 18.1 Å². The van der Waals surface area contributed by atoms with Crippen molar-refractivity contribution in [1.82, 2.24) is 0 Å². The van der Waals surface area contributed by atoms with E-state index < -0.39 is 18.1 Å². The molecule has 0 nitrogen and oxygen atoms in total. The van der Waals surface area contributed by atoms with Crippen molar-refractivity contribution in [3.63, 3.8) is 0 Å². The molecule has 0 aromatic heterocycles. The second kappa shape index (κ2) is 8.38. The van der Waals surface area contributed by atoms with E-state index in [1.165, 1.54) is 16.7 Å². The highest BCUT2D eigenvalue weighted by Gasteiger charge is 2.25. The van der Waals surface area contributed by atoms with Crippen LogP contribution in [-0.4, -0.2) is 13.3 Å². The molecule has 0 bridgehead atoms. The van der Waals surface area contributed by atoms with Gasteiger partial charge in [0.1, 0.15) is 0 Å². The third-order valence-electron chi connectivity index (χ3n) is 3.18. The molecule has 0 radical (unpaired) electrons. The fourth-order valence-electron chi connectivity index (χ4n) is 1.83. The van der Waals surface area contributed by atoms with E-state index in [1.54, 1.807) is 0 Å². The van der Waals surface area contributed by atoms with Gasteiger partial charge in [0.15, 0.2) is 9.79 Å². The Morgan fingerprint density at radius 1 is 0.783 bits per heavy atom. The van der Waals surface area contributed by atoms with E-state index in [4.69, 9.17) is 0 Å². The highest BCUT2D eigenvalue weighted by atomic mass is 32.2. The van der Waals surface area contributed by atoms with E-state index in [0.717, 1.165) is 9.79 Å². The van der Waals surface area contributed by atoms with Crippen molar-refractivity contribution in [2.24, 2.45) is 0 Å². The number of rotatable bonds is 3. The molecule has 23 heavy (non-hydrogen) atoms. The zero-order valence-corrected chi connectivity index (χ0v) is 13.9. The Balaban J connectivity index is 0.000000463. The lowest BCUT2D eigenvalue weighted by molar-refractivity contribution is 0.368. The van der Waals surface area contributed by atoms with Crippen LogP contribution in [-0.2, 0) is 10.9 Å². The van der Waals surface area contributed by atoms with Gasteiger partial charge in [0, 0.05) is 0 Å². The maximum atomic E-state index is 13.4. The standard InChI is InChI=1S/C16H18FS.BF4/c1-12-4-7-15(8-5-12)18(11-17)16-9-6-13(2)14(3)10-16;2-1(3,4)5/h4-10H,11H2,1-3H3;/q+1;-1. The average molecular weight is 348 g/mol. The van der Waals surface area contributed by atoms with Crippen LogP contribution >= 0.6 is 0 Å². The van der Waals surface area contributed by atoms with Crippen LogP contribution in [0.5, 0.6) is 0 Å². The number of hydrogen-bond acceptors (Lipinski definition) is 0. The highest BCUT2D eigenvalue weighted by molar-refractivity contribution is 7.96. The van der Waals surface area contributed by atoms with Gasteiger partial charge in [0.2, 0.25) is 0 Å². The monoisotopic (exact) mass is 348 g/mol. The first kappa shape index (κ1) is 19.6. The molecule has 0 saturated carbocycles. The molecule has 0 spiro atoms. The molecular weight excluding hydrogens is 330 g/mol. The van der Waals surface area contributed by atoms with Crippen LogP contribution in [0.3, 0.4) is 0 Å². The molecule has 2 aromatic carbocycles. The molecule has 0 fully saturated rings. The SMILES string of the molecule is Cc1ccc([S+](CF)c2ccc(C)c(C)c2)cc1.F[B-](F)(F)F. The predicted molar refractivity (Wildman–Crippen MR) is 87.2 cm³/mol. The van der Waals surface area contributed by atoms with Crippen LogP contribution in [0.25, 0.3) is 0 Å². The van der Waals surface area contributed by atoms with Gasteiger partial charge in [0.25, 0.3) is 6.01 Å². The van der Waals surface area contributed by atoms with Crippen molar-refractivity contribution in [2.75, 3.05) is 6.01 Å². The Hall–Kier alpha value is -1.50. The third kappa shape index (κ3) is 7.07. The van der Waals surface area contributed by atoms with Gasteiger partial charge >= 0.3 is 7.25 Å². The van der Waals surface area contributed by atoms with Crippen LogP contribution in [0, 0.1) is 20.8 Å². The van der Waals surface area contributed by atoms with E-state index in [9.17, 15) is 21.7 Å². The molecular formula is C16H18BF5S. The summed E-state index contributed by atoms with van der Waals surface area (Å²) < 4.78 is 52.4. The fraction of sp³-hybridized carbons (Fsp3) is 0.250. The Kier molecular flexibility index (Phi) is 7.13. The van der Waals surface area contributed by atoms with Gasteiger partial charge in [-0.05, 0) is 56.2 Å². The molecule has 1 unspecified atom stereocenters. The van der Waals surface area contributed by atoms with Gasteiger partial charge in [-0.1, -0.05) is 23.8 Å². The van der Waals surface area contributed by atoms with Crippen LogP contribution in [0.1, 0.15) is 16.7 Å². The topological polar surface area (TPSA) is 0 Å². The minimum absolute atomic E-state index is 0.328. The summed E-state index contributed by atoms with van der Waals surface area (Å²) in [6, 6.07) is 14.1. The third-order valence-corrected chi connectivity index (χ3v) is 5.06. The number of aryl methyl sites for hydroxylation is 3. The second-order valence-corrected chi connectivity index (χ2v) is 7.00. The maximum absolute atomic E-state index is 13.4. The lowest BCUT2D eigenvalue weighted by Gasteiger charge is -2.06.